The Labute approximate surface area is 98.6 Å². The number of para-hydroxylation sites is 1. The lowest BCUT2D eigenvalue weighted by molar-refractivity contribution is -0.134. The van der Waals surface area contributed by atoms with Crippen LogP contribution in [0.3, 0.4) is 0 Å². The van der Waals surface area contributed by atoms with Crippen LogP contribution in [-0.4, -0.2) is 19.0 Å². The molecule has 1 aromatic carbocycles. The summed E-state index contributed by atoms with van der Waals surface area (Å²) in [5, 5.41) is 2.74. The van der Waals surface area contributed by atoms with E-state index in [1.165, 1.54) is 19.3 Å². The normalized spacial score (nSPS) is 16.1. The second-order valence-corrected chi connectivity index (χ2v) is 3.46. The highest BCUT2D eigenvalue weighted by molar-refractivity contribution is 6.31. The highest BCUT2D eigenvalue weighted by Crippen LogP contribution is 2.30. The average molecular weight is 229 g/mol. The topological polar surface area (TPSA) is 55.4 Å². The Morgan fingerprint density at radius 1 is 1.35 bits per heavy atom. The van der Waals surface area contributed by atoms with Gasteiger partial charge in [-0.25, -0.2) is 4.79 Å². The van der Waals surface area contributed by atoms with Crippen molar-refractivity contribution in [3.8, 4) is 0 Å². The number of carbonyl (C=O) groups is 2. The highest BCUT2D eigenvalue weighted by atomic mass is 16.5. The quantitative estimate of drug-likeness (QED) is 0.621. The number of ether oxygens (including phenoxy) is 1. The molecule has 2 rings (SSSR count). The number of anilines is 1. The molecular formula is C13H11NO3. The van der Waals surface area contributed by atoms with Gasteiger partial charge >= 0.3 is 5.97 Å². The first kappa shape index (κ1) is 11.1. The van der Waals surface area contributed by atoms with Gasteiger partial charge in [0.25, 0.3) is 5.91 Å². The van der Waals surface area contributed by atoms with Crippen LogP contribution < -0.4 is 5.32 Å². The molecule has 1 aromatic rings. The molecule has 0 unspecified atom stereocenters. The number of fused-ring (bicyclic) bond motifs is 1. The van der Waals surface area contributed by atoms with E-state index >= 15 is 0 Å². The van der Waals surface area contributed by atoms with Crippen LogP contribution in [0.5, 0.6) is 0 Å². The summed E-state index contributed by atoms with van der Waals surface area (Å²) in [5.41, 5.74) is 2.17. The number of hydrogen-bond donors (Lipinski definition) is 1. The second-order valence-electron chi connectivity index (χ2n) is 3.46. The molecule has 4 nitrogen and oxygen atoms in total. The van der Waals surface area contributed by atoms with E-state index in [0.29, 0.717) is 5.57 Å². The van der Waals surface area contributed by atoms with E-state index in [-0.39, 0.29) is 5.91 Å². The SMILES string of the molecule is COC(=O)/C=C\C=C1\C(=O)Nc2ccccc21. The Hall–Kier alpha value is -2.36. The molecule has 0 spiro atoms. The monoisotopic (exact) mass is 229 g/mol. The van der Waals surface area contributed by atoms with Crippen LogP contribution in [0.25, 0.3) is 5.57 Å². The van der Waals surface area contributed by atoms with E-state index in [4.69, 9.17) is 0 Å². The van der Waals surface area contributed by atoms with Crippen molar-refractivity contribution in [3.05, 3.63) is 48.1 Å². The summed E-state index contributed by atoms with van der Waals surface area (Å²) in [6.07, 6.45) is 4.36. The third kappa shape index (κ3) is 2.25. The lowest BCUT2D eigenvalue weighted by Crippen LogP contribution is -2.03. The number of esters is 1. The van der Waals surface area contributed by atoms with Gasteiger partial charge in [-0.05, 0) is 12.1 Å². The molecule has 1 aliphatic heterocycles. The largest absolute Gasteiger partial charge is 0.466 e. The van der Waals surface area contributed by atoms with Gasteiger partial charge in [-0.2, -0.15) is 0 Å². The molecule has 4 heteroatoms. The molecule has 0 fully saturated rings. The third-order valence-corrected chi connectivity index (χ3v) is 2.41. The summed E-state index contributed by atoms with van der Waals surface area (Å²) in [6.45, 7) is 0. The molecular weight excluding hydrogens is 218 g/mol. The smallest absolute Gasteiger partial charge is 0.330 e. The molecule has 0 saturated heterocycles. The van der Waals surface area contributed by atoms with Gasteiger partial charge in [0.05, 0.1) is 7.11 Å². The summed E-state index contributed by atoms with van der Waals surface area (Å²) < 4.78 is 4.46. The zero-order chi connectivity index (χ0) is 12.3. The minimum Gasteiger partial charge on any atom is -0.466 e. The number of rotatable bonds is 2. The maximum absolute atomic E-state index is 11.6. The standard InChI is InChI=1S/C13H11NO3/c1-17-12(15)8-4-6-10-9-5-2-3-7-11(9)14-13(10)16/h2-8H,1H3,(H,14,16)/b8-4-,10-6+. The van der Waals surface area contributed by atoms with E-state index in [2.05, 4.69) is 10.1 Å². The molecule has 0 aliphatic carbocycles. The Bertz CT molecular complexity index is 529. The molecule has 0 saturated carbocycles. The van der Waals surface area contributed by atoms with Crippen LogP contribution in [0.1, 0.15) is 5.56 Å². The number of carbonyl (C=O) groups excluding carboxylic acids is 2. The molecule has 1 N–H and O–H groups in total. The van der Waals surface area contributed by atoms with Crippen molar-refractivity contribution >= 4 is 23.1 Å². The Morgan fingerprint density at radius 2 is 2.12 bits per heavy atom. The van der Waals surface area contributed by atoms with Crippen molar-refractivity contribution in [1.82, 2.24) is 0 Å². The maximum Gasteiger partial charge on any atom is 0.330 e. The molecule has 1 heterocycles. The lowest BCUT2D eigenvalue weighted by atomic mass is 10.1. The minimum atomic E-state index is -0.450. The minimum absolute atomic E-state index is 0.166. The fourth-order valence-corrected chi connectivity index (χ4v) is 1.60. The van der Waals surface area contributed by atoms with Crippen molar-refractivity contribution in [1.29, 1.82) is 0 Å². The van der Waals surface area contributed by atoms with E-state index in [0.717, 1.165) is 11.3 Å². The van der Waals surface area contributed by atoms with Gasteiger partial charge in [0.1, 0.15) is 0 Å². The van der Waals surface area contributed by atoms with Gasteiger partial charge in [0.15, 0.2) is 0 Å². The fraction of sp³-hybridized carbons (Fsp3) is 0.0769. The summed E-state index contributed by atoms with van der Waals surface area (Å²) in [6, 6.07) is 7.40. The highest BCUT2D eigenvalue weighted by Gasteiger charge is 2.22. The molecule has 0 radical (unpaired) electrons. The summed E-state index contributed by atoms with van der Waals surface area (Å²) >= 11 is 0. The van der Waals surface area contributed by atoms with Crippen LogP contribution in [0, 0.1) is 0 Å². The first-order valence-corrected chi connectivity index (χ1v) is 5.09. The predicted octanol–water partition coefficient (Wildman–Crippen LogP) is 1.75. The lowest BCUT2D eigenvalue weighted by Gasteiger charge is -1.94. The van der Waals surface area contributed by atoms with Gasteiger partial charge < -0.3 is 10.1 Å². The van der Waals surface area contributed by atoms with Gasteiger partial charge in [-0.3, -0.25) is 4.79 Å². The number of benzene rings is 1. The van der Waals surface area contributed by atoms with E-state index < -0.39 is 5.97 Å². The van der Waals surface area contributed by atoms with E-state index in [9.17, 15) is 9.59 Å². The van der Waals surface area contributed by atoms with Crippen LogP contribution in [0.2, 0.25) is 0 Å². The molecule has 1 aliphatic rings. The van der Waals surface area contributed by atoms with Crippen molar-refractivity contribution in [2.45, 2.75) is 0 Å². The fourth-order valence-electron chi connectivity index (χ4n) is 1.60. The molecule has 86 valence electrons. The summed E-state index contributed by atoms with van der Waals surface area (Å²) in [4.78, 5) is 22.5. The Kier molecular flexibility index (Phi) is 3.05. The second kappa shape index (κ2) is 4.65. The van der Waals surface area contributed by atoms with Crippen LogP contribution >= 0.6 is 0 Å². The van der Waals surface area contributed by atoms with Gasteiger partial charge in [-0.1, -0.05) is 24.3 Å². The van der Waals surface area contributed by atoms with Crippen molar-refractivity contribution in [2.75, 3.05) is 12.4 Å². The molecule has 0 bridgehead atoms. The van der Waals surface area contributed by atoms with Crippen LogP contribution in [0.4, 0.5) is 5.69 Å². The number of nitrogens with one attached hydrogen (secondary N) is 1. The predicted molar refractivity (Wildman–Crippen MR) is 64.2 cm³/mol. The first-order valence-electron chi connectivity index (χ1n) is 5.09. The number of amides is 1. The average Bonchev–Trinajstić information content (AvgIpc) is 2.66. The number of methoxy groups -OCH3 is 1. The third-order valence-electron chi connectivity index (χ3n) is 2.41. The Morgan fingerprint density at radius 3 is 2.88 bits per heavy atom. The van der Waals surface area contributed by atoms with Crippen LogP contribution in [-0.2, 0) is 14.3 Å². The van der Waals surface area contributed by atoms with Gasteiger partial charge in [0, 0.05) is 22.9 Å². The summed E-state index contributed by atoms with van der Waals surface area (Å²) in [5.74, 6) is -0.616. The Balaban J connectivity index is 2.27. The van der Waals surface area contributed by atoms with Gasteiger partial charge in [-0.15, -0.1) is 0 Å². The van der Waals surface area contributed by atoms with E-state index in [1.807, 2.05) is 24.3 Å². The van der Waals surface area contributed by atoms with Gasteiger partial charge in [0.2, 0.25) is 0 Å². The summed E-state index contributed by atoms with van der Waals surface area (Å²) in [7, 11) is 1.30. The molecule has 17 heavy (non-hydrogen) atoms. The first-order chi connectivity index (χ1) is 8.22. The number of hydrogen-bond acceptors (Lipinski definition) is 3. The van der Waals surface area contributed by atoms with Crippen molar-refractivity contribution in [3.63, 3.8) is 0 Å². The number of allylic oxidation sites excluding steroid dienone is 2. The van der Waals surface area contributed by atoms with Crippen molar-refractivity contribution < 1.29 is 14.3 Å². The molecule has 0 aromatic heterocycles. The molecule has 1 amide bonds. The maximum atomic E-state index is 11.6. The van der Waals surface area contributed by atoms with Crippen LogP contribution in [0.15, 0.2) is 42.5 Å². The van der Waals surface area contributed by atoms with E-state index in [1.54, 1.807) is 6.08 Å². The zero-order valence-electron chi connectivity index (χ0n) is 9.27. The molecule has 0 atom stereocenters. The van der Waals surface area contributed by atoms with Crippen molar-refractivity contribution in [2.24, 2.45) is 0 Å². The zero-order valence-corrected chi connectivity index (χ0v) is 9.27.